The third-order valence-electron chi connectivity index (χ3n) is 1.20. The van der Waals surface area contributed by atoms with Crippen LogP contribution in [-0.4, -0.2) is 25.6 Å². The molecule has 0 aromatic heterocycles. The van der Waals surface area contributed by atoms with Crippen LogP contribution in [0.2, 0.25) is 0 Å². The molecule has 0 saturated heterocycles. The molecule has 0 aliphatic heterocycles. The number of benzene rings is 1. The summed E-state index contributed by atoms with van der Waals surface area (Å²) in [6.45, 7) is 1.70. The summed E-state index contributed by atoms with van der Waals surface area (Å²) in [5.41, 5.74) is 0.710. The van der Waals surface area contributed by atoms with Gasteiger partial charge in [0.05, 0.1) is 10.1 Å². The van der Waals surface area contributed by atoms with Crippen molar-refractivity contribution in [2.24, 2.45) is 0 Å². The van der Waals surface area contributed by atoms with E-state index in [-0.39, 0.29) is 108 Å². The molecule has 0 amide bonds. The maximum atomic E-state index is 10.4. The summed E-state index contributed by atoms with van der Waals surface area (Å²) in [7, 11) is -7.42. The summed E-state index contributed by atoms with van der Waals surface area (Å²) >= 11 is 0. The van der Waals surface area contributed by atoms with E-state index in [2.05, 4.69) is 6.07 Å². The van der Waals surface area contributed by atoms with Crippen LogP contribution in [-0.2, 0) is 20.7 Å². The number of hydrogen-bond acceptors (Lipinski definition) is 6. The molecule has 0 spiro atoms. The molecule has 0 aliphatic carbocycles. The van der Waals surface area contributed by atoms with Crippen LogP contribution >= 0.6 is 0 Å². The van der Waals surface area contributed by atoms with Crippen molar-refractivity contribution in [1.29, 1.82) is 0 Å². The molecule has 0 atom stereocenters. The molecule has 0 bridgehead atoms. The molecule has 1 aromatic carbocycles. The summed E-state index contributed by atoms with van der Waals surface area (Å²) < 4.78 is 56.6. The van der Waals surface area contributed by atoms with Crippen LogP contribution in [0.3, 0.4) is 0 Å². The third kappa shape index (κ3) is 14.2. The van der Waals surface area contributed by atoms with E-state index in [0.717, 1.165) is 6.07 Å². The molecular formula is C7H6K2O6S2. The quantitative estimate of drug-likeness (QED) is 0.288. The Balaban J connectivity index is -0.000000289. The minimum Gasteiger partial charge on any atom is -0.754 e. The molecule has 0 N–H and O–H groups in total. The van der Waals surface area contributed by atoms with Gasteiger partial charge < -0.3 is 4.55 Å². The van der Waals surface area contributed by atoms with E-state index in [1.54, 1.807) is 13.0 Å². The van der Waals surface area contributed by atoms with Crippen LogP contribution < -0.4 is 103 Å². The Kier molecular flexibility index (Phi) is 16.7. The first-order chi connectivity index (χ1) is 6.73. The zero-order valence-electron chi connectivity index (χ0n) is 9.50. The molecule has 0 saturated carbocycles. The fraction of sp³-hybridized carbons (Fsp3) is 0.143. The van der Waals surface area contributed by atoms with E-state index in [4.69, 9.17) is 12.6 Å². The van der Waals surface area contributed by atoms with Crippen molar-refractivity contribution in [3.8, 4) is 0 Å². The second-order valence-electron chi connectivity index (χ2n) is 2.40. The molecule has 84 valence electrons. The Morgan fingerprint density at radius 2 is 1.59 bits per heavy atom. The summed E-state index contributed by atoms with van der Waals surface area (Å²) in [6, 6.07) is 6.64. The maximum absolute atomic E-state index is 10.4. The van der Waals surface area contributed by atoms with Gasteiger partial charge in [-0.3, -0.25) is 8.42 Å². The van der Waals surface area contributed by atoms with E-state index < -0.39 is 20.7 Å². The van der Waals surface area contributed by atoms with Gasteiger partial charge in [0.1, 0.15) is 0 Å². The van der Waals surface area contributed by atoms with Gasteiger partial charge in [0.15, 0.2) is 0 Å². The predicted molar refractivity (Wildman–Crippen MR) is 47.7 cm³/mol. The zero-order valence-corrected chi connectivity index (χ0v) is 17.4. The average molecular weight is 328 g/mol. The number of aryl methyl sites for hydroxylation is 1. The summed E-state index contributed by atoms with van der Waals surface area (Å²) in [4.78, 5) is -0.225. The Morgan fingerprint density at radius 3 is 1.82 bits per heavy atom. The molecule has 0 radical (unpaired) electrons. The first kappa shape index (κ1) is 24.1. The second-order valence-corrected chi connectivity index (χ2v) is 4.19. The van der Waals surface area contributed by atoms with Crippen molar-refractivity contribution in [2.75, 3.05) is 0 Å². The number of rotatable bonds is 1. The van der Waals surface area contributed by atoms with Crippen molar-refractivity contribution in [3.05, 3.63) is 29.8 Å². The Morgan fingerprint density at radius 1 is 1.18 bits per heavy atom. The summed E-state index contributed by atoms with van der Waals surface area (Å²) in [6.07, 6.45) is 0. The van der Waals surface area contributed by atoms with Crippen LogP contribution in [0.15, 0.2) is 23.1 Å². The van der Waals surface area contributed by atoms with E-state index in [1.165, 1.54) is 6.07 Å². The topological polar surface area (TPSA) is 108 Å². The van der Waals surface area contributed by atoms with Gasteiger partial charge in [-0.15, -0.1) is 12.6 Å². The van der Waals surface area contributed by atoms with Gasteiger partial charge in [0, 0.05) is 0 Å². The van der Waals surface area contributed by atoms with Crippen LogP contribution in [0.1, 0.15) is 5.56 Å². The molecule has 0 fully saturated rings. The molecule has 0 heterocycles. The van der Waals surface area contributed by atoms with Crippen LogP contribution in [0.25, 0.3) is 0 Å². The first-order valence-corrected chi connectivity index (χ1v) is 5.84. The summed E-state index contributed by atoms with van der Waals surface area (Å²) in [5, 5.41) is 0. The van der Waals surface area contributed by atoms with Gasteiger partial charge in [-0.05, 0) is 0 Å². The Labute approximate surface area is 186 Å². The molecule has 17 heavy (non-hydrogen) atoms. The van der Waals surface area contributed by atoms with Gasteiger partial charge in [0.2, 0.25) is 0 Å². The van der Waals surface area contributed by atoms with Crippen molar-refractivity contribution in [3.63, 3.8) is 0 Å². The van der Waals surface area contributed by atoms with Crippen molar-refractivity contribution in [1.82, 2.24) is 0 Å². The van der Waals surface area contributed by atoms with Crippen LogP contribution in [0, 0.1) is 13.0 Å². The van der Waals surface area contributed by atoms with E-state index in [9.17, 15) is 13.0 Å². The summed E-state index contributed by atoms with van der Waals surface area (Å²) in [5.74, 6) is 0. The Hall–Kier alpha value is 2.02. The Bertz CT molecular complexity index is 530. The molecular weight excluding hydrogens is 322 g/mol. The third-order valence-corrected chi connectivity index (χ3v) is 2.01. The van der Waals surface area contributed by atoms with E-state index in [0.29, 0.717) is 5.56 Å². The van der Waals surface area contributed by atoms with Crippen molar-refractivity contribution in [2.45, 2.75) is 11.8 Å². The van der Waals surface area contributed by atoms with Crippen molar-refractivity contribution >= 4 is 20.7 Å². The SMILES string of the molecule is Cc1c[c-]cc(S(=O)(=O)[O-])c1.O=S(=O)=O.[K+].[K+]. The van der Waals surface area contributed by atoms with Gasteiger partial charge >= 0.3 is 113 Å². The number of hydrogen-bond donors (Lipinski definition) is 0. The van der Waals surface area contributed by atoms with Gasteiger partial charge in [-0.2, -0.15) is 29.8 Å². The zero-order chi connectivity index (χ0) is 12.1. The van der Waals surface area contributed by atoms with E-state index >= 15 is 0 Å². The molecule has 6 nitrogen and oxygen atoms in total. The minimum absolute atomic E-state index is 0. The average Bonchev–Trinajstić information content (AvgIpc) is 2.01. The predicted octanol–water partition coefficient (Wildman–Crippen LogP) is -6.30. The smallest absolute Gasteiger partial charge is 0.754 e. The van der Waals surface area contributed by atoms with Gasteiger partial charge in [-0.1, -0.05) is 11.8 Å². The van der Waals surface area contributed by atoms with Gasteiger partial charge in [-0.25, -0.2) is 0 Å². The standard InChI is InChI=1S/C7H7O3S.2K.O3S/c1-6-3-2-4-7(5-6)11(8,9)10;;;1-4(2)3/h3-5H,1H3,(H,8,9,10);;;/q-1;2*+1;/p-1. The normalized spacial score (nSPS) is 8.82. The molecule has 1 rings (SSSR count). The second kappa shape index (κ2) is 11.8. The fourth-order valence-corrected chi connectivity index (χ4v) is 1.25. The van der Waals surface area contributed by atoms with Crippen molar-refractivity contribution < 1.29 is 128 Å². The molecule has 0 aliphatic rings. The first-order valence-electron chi connectivity index (χ1n) is 3.44. The largest absolute Gasteiger partial charge is 1.00 e. The van der Waals surface area contributed by atoms with Crippen LogP contribution in [0.4, 0.5) is 0 Å². The van der Waals surface area contributed by atoms with Crippen LogP contribution in [0.5, 0.6) is 0 Å². The fourth-order valence-electron chi connectivity index (χ4n) is 0.707. The molecule has 0 unspecified atom stereocenters. The molecule has 1 aromatic rings. The maximum Gasteiger partial charge on any atom is 1.00 e. The minimum atomic E-state index is -4.31. The molecule has 10 heteroatoms. The van der Waals surface area contributed by atoms with E-state index in [1.807, 2.05) is 0 Å². The monoisotopic (exact) mass is 328 g/mol. The van der Waals surface area contributed by atoms with Gasteiger partial charge in [0.25, 0.3) is 0 Å².